The molecule has 3 aliphatic rings. The molecule has 6 rings (SSSR count). The smallest absolute Gasteiger partial charge is 0.271 e. The van der Waals surface area contributed by atoms with E-state index in [-0.39, 0.29) is 29.3 Å². The average Bonchev–Trinajstić information content (AvgIpc) is 3.50. The summed E-state index contributed by atoms with van der Waals surface area (Å²) in [5.41, 5.74) is 5.11. The Morgan fingerprint density at radius 1 is 0.800 bits per heavy atom. The Hall–Kier alpha value is -4.32. The number of benzene rings is 3. The molecular formula is C29H22N2O4. The third-order valence-electron chi connectivity index (χ3n) is 7.47. The Morgan fingerprint density at radius 2 is 1.31 bits per heavy atom. The van der Waals surface area contributed by atoms with E-state index in [1.807, 2.05) is 36.4 Å². The zero-order valence-electron chi connectivity index (χ0n) is 19.0. The maximum atomic E-state index is 13.7. The summed E-state index contributed by atoms with van der Waals surface area (Å²) in [4.78, 5) is 39.5. The van der Waals surface area contributed by atoms with Crippen LogP contribution in [-0.4, -0.2) is 16.7 Å². The highest BCUT2D eigenvalue weighted by Crippen LogP contribution is 2.59. The van der Waals surface area contributed by atoms with Crippen LogP contribution in [0.15, 0.2) is 96.6 Å². The molecule has 0 N–H and O–H groups in total. The predicted octanol–water partition coefficient (Wildman–Crippen LogP) is 5.33. The first-order valence-corrected chi connectivity index (χ1v) is 11.6. The van der Waals surface area contributed by atoms with Crippen molar-refractivity contribution in [2.24, 2.45) is 23.7 Å². The van der Waals surface area contributed by atoms with E-state index in [1.165, 1.54) is 17.0 Å². The predicted molar refractivity (Wildman–Crippen MR) is 132 cm³/mol. The first-order chi connectivity index (χ1) is 17.0. The van der Waals surface area contributed by atoms with Gasteiger partial charge in [-0.1, -0.05) is 78.9 Å². The summed E-state index contributed by atoms with van der Waals surface area (Å²) in [6.45, 7) is 1.76. The van der Waals surface area contributed by atoms with Crippen molar-refractivity contribution in [2.75, 3.05) is 4.90 Å². The number of non-ortho nitro benzene ring substituents is 1. The molecule has 2 bridgehead atoms. The quantitative estimate of drug-likeness (QED) is 0.227. The first kappa shape index (κ1) is 21.2. The lowest BCUT2D eigenvalue weighted by molar-refractivity contribution is -0.384. The van der Waals surface area contributed by atoms with Gasteiger partial charge in [-0.2, -0.15) is 0 Å². The van der Waals surface area contributed by atoms with Crippen LogP contribution in [0.2, 0.25) is 0 Å². The lowest BCUT2D eigenvalue weighted by atomic mass is 9.85. The molecule has 6 heteroatoms. The molecule has 0 unspecified atom stereocenters. The summed E-state index contributed by atoms with van der Waals surface area (Å²) in [6, 6.07) is 24.5. The van der Waals surface area contributed by atoms with Crippen LogP contribution in [-0.2, 0) is 9.59 Å². The van der Waals surface area contributed by atoms with E-state index in [0.717, 1.165) is 22.3 Å². The van der Waals surface area contributed by atoms with E-state index < -0.39 is 16.8 Å². The molecule has 3 aromatic carbocycles. The zero-order valence-corrected chi connectivity index (χ0v) is 19.0. The second-order valence-electron chi connectivity index (χ2n) is 9.29. The van der Waals surface area contributed by atoms with Gasteiger partial charge in [0.25, 0.3) is 5.69 Å². The van der Waals surface area contributed by atoms with Crippen molar-refractivity contribution < 1.29 is 14.5 Å². The number of amides is 2. The summed E-state index contributed by atoms with van der Waals surface area (Å²) in [5.74, 6) is -1.96. The molecule has 35 heavy (non-hydrogen) atoms. The van der Waals surface area contributed by atoms with Crippen LogP contribution in [0.25, 0.3) is 5.57 Å². The molecule has 2 fully saturated rings. The molecule has 0 radical (unpaired) electrons. The molecule has 3 aromatic rings. The Kier molecular flexibility index (Phi) is 4.78. The lowest BCUT2D eigenvalue weighted by Crippen LogP contribution is -2.34. The van der Waals surface area contributed by atoms with Gasteiger partial charge in [0.2, 0.25) is 11.8 Å². The fourth-order valence-electron chi connectivity index (χ4n) is 6.00. The topological polar surface area (TPSA) is 80.5 Å². The van der Waals surface area contributed by atoms with E-state index >= 15 is 0 Å². The molecule has 4 atom stereocenters. The van der Waals surface area contributed by atoms with Crippen molar-refractivity contribution in [3.8, 4) is 0 Å². The number of allylic oxidation sites excluding steroid dienone is 3. The summed E-state index contributed by atoms with van der Waals surface area (Å²) in [7, 11) is 0. The maximum absolute atomic E-state index is 13.7. The number of carbonyl (C=O) groups excluding carboxylic acids is 2. The molecule has 0 spiro atoms. The highest BCUT2D eigenvalue weighted by atomic mass is 16.6. The van der Waals surface area contributed by atoms with Gasteiger partial charge >= 0.3 is 0 Å². The number of anilines is 1. The van der Waals surface area contributed by atoms with E-state index in [1.54, 1.807) is 13.0 Å². The van der Waals surface area contributed by atoms with E-state index in [0.29, 0.717) is 11.3 Å². The second kappa shape index (κ2) is 7.87. The van der Waals surface area contributed by atoms with Crippen LogP contribution in [0, 0.1) is 40.7 Å². The monoisotopic (exact) mass is 462 g/mol. The average molecular weight is 463 g/mol. The maximum Gasteiger partial charge on any atom is 0.271 e. The minimum atomic E-state index is -0.507. The summed E-state index contributed by atoms with van der Waals surface area (Å²) >= 11 is 0. The number of aryl methyl sites for hydroxylation is 1. The SMILES string of the molecule is Cc1ccc([N+](=O)[O-])cc1N1C(=O)[C@@H]2[C@@H](C1=O)[C@H]1C=C[C@H]2C1=C(c1ccccc1)c1ccccc1. The zero-order chi connectivity index (χ0) is 24.3. The largest absolute Gasteiger partial charge is 0.274 e. The van der Waals surface area contributed by atoms with Gasteiger partial charge in [0, 0.05) is 24.0 Å². The normalized spacial score (nSPS) is 24.3. The van der Waals surface area contributed by atoms with Gasteiger partial charge in [-0.25, -0.2) is 4.90 Å². The van der Waals surface area contributed by atoms with Crippen molar-refractivity contribution in [3.63, 3.8) is 0 Å². The number of nitro benzene ring substituents is 1. The van der Waals surface area contributed by atoms with Crippen LogP contribution in [0.1, 0.15) is 16.7 Å². The van der Waals surface area contributed by atoms with Gasteiger partial charge in [0.15, 0.2) is 0 Å². The summed E-state index contributed by atoms with van der Waals surface area (Å²) in [5, 5.41) is 11.3. The third-order valence-corrected chi connectivity index (χ3v) is 7.47. The highest BCUT2D eigenvalue weighted by Gasteiger charge is 2.62. The van der Waals surface area contributed by atoms with E-state index in [4.69, 9.17) is 0 Å². The van der Waals surface area contributed by atoms with Gasteiger partial charge in [0.1, 0.15) is 0 Å². The standard InChI is InChI=1S/C29H22N2O4/c1-17-12-13-20(31(34)35)16-23(17)30-28(32)26-21-14-15-22(27(26)29(30)33)25(21)24(18-8-4-2-5-9-18)19-10-6-3-7-11-19/h2-16,21-22,26-27H,1H3/t21-,22-,26-,27-/m0/s1. The van der Waals surface area contributed by atoms with Crippen LogP contribution in [0.4, 0.5) is 11.4 Å². The molecule has 2 aliphatic carbocycles. The summed E-state index contributed by atoms with van der Waals surface area (Å²) < 4.78 is 0. The number of hydrogen-bond acceptors (Lipinski definition) is 4. The molecule has 2 amide bonds. The first-order valence-electron chi connectivity index (χ1n) is 11.6. The van der Waals surface area contributed by atoms with Gasteiger partial charge in [-0.3, -0.25) is 19.7 Å². The van der Waals surface area contributed by atoms with E-state index in [9.17, 15) is 19.7 Å². The number of nitrogens with zero attached hydrogens (tertiary/aromatic N) is 2. The molecule has 172 valence electrons. The van der Waals surface area contributed by atoms with Crippen LogP contribution < -0.4 is 4.90 Å². The van der Waals surface area contributed by atoms with Crippen molar-refractivity contribution in [1.82, 2.24) is 0 Å². The van der Waals surface area contributed by atoms with Crippen molar-refractivity contribution >= 4 is 28.8 Å². The number of carbonyl (C=O) groups is 2. The molecule has 0 aromatic heterocycles. The third kappa shape index (κ3) is 3.10. The number of imide groups is 1. The highest BCUT2D eigenvalue weighted by molar-refractivity contribution is 6.24. The fourth-order valence-corrected chi connectivity index (χ4v) is 6.00. The minimum absolute atomic E-state index is 0.139. The number of nitro groups is 1. The number of fused-ring (bicyclic) bond motifs is 5. The van der Waals surface area contributed by atoms with Gasteiger partial charge in [-0.05, 0) is 34.8 Å². The Balaban J connectivity index is 1.48. The molecule has 1 aliphatic heterocycles. The van der Waals surface area contributed by atoms with Crippen LogP contribution in [0.5, 0.6) is 0 Å². The van der Waals surface area contributed by atoms with Crippen molar-refractivity contribution in [2.45, 2.75) is 6.92 Å². The molecule has 1 saturated carbocycles. The van der Waals surface area contributed by atoms with Gasteiger partial charge < -0.3 is 0 Å². The van der Waals surface area contributed by atoms with E-state index in [2.05, 4.69) is 36.4 Å². The van der Waals surface area contributed by atoms with Crippen molar-refractivity contribution in [1.29, 1.82) is 0 Å². The second-order valence-corrected chi connectivity index (χ2v) is 9.29. The Labute approximate surface area is 202 Å². The summed E-state index contributed by atoms with van der Waals surface area (Å²) in [6.07, 6.45) is 4.12. The Morgan fingerprint density at radius 3 is 1.80 bits per heavy atom. The van der Waals surface area contributed by atoms with Crippen LogP contribution >= 0.6 is 0 Å². The van der Waals surface area contributed by atoms with Gasteiger partial charge in [0.05, 0.1) is 22.4 Å². The molecule has 1 saturated heterocycles. The molecule has 6 nitrogen and oxygen atoms in total. The van der Waals surface area contributed by atoms with Crippen LogP contribution in [0.3, 0.4) is 0 Å². The fraction of sp³-hybridized carbons (Fsp3) is 0.172. The Bertz CT molecular complexity index is 1370. The van der Waals surface area contributed by atoms with Crippen molar-refractivity contribution in [3.05, 3.63) is 123 Å². The lowest BCUT2D eigenvalue weighted by Gasteiger charge is -2.22. The minimum Gasteiger partial charge on any atom is -0.274 e. The van der Waals surface area contributed by atoms with Gasteiger partial charge in [-0.15, -0.1) is 0 Å². The molecular weight excluding hydrogens is 440 g/mol. The molecule has 1 heterocycles. The number of rotatable bonds is 4. The number of hydrogen-bond donors (Lipinski definition) is 0.